The van der Waals surface area contributed by atoms with Crippen molar-refractivity contribution in [2.45, 2.75) is 13.5 Å². The first-order chi connectivity index (χ1) is 14.5. The summed E-state index contributed by atoms with van der Waals surface area (Å²) >= 11 is 1.15. The highest BCUT2D eigenvalue weighted by Gasteiger charge is 2.21. The van der Waals surface area contributed by atoms with Crippen LogP contribution < -0.4 is 16.1 Å². The maximum Gasteiger partial charge on any atom is 0.336 e. The minimum absolute atomic E-state index is 0.139. The van der Waals surface area contributed by atoms with Gasteiger partial charge in [-0.05, 0) is 42.6 Å². The lowest BCUT2D eigenvalue weighted by Gasteiger charge is -2.22. The van der Waals surface area contributed by atoms with E-state index in [1.807, 2.05) is 37.3 Å². The van der Waals surface area contributed by atoms with E-state index in [1.165, 1.54) is 22.8 Å². The van der Waals surface area contributed by atoms with Gasteiger partial charge in [0.15, 0.2) is 0 Å². The van der Waals surface area contributed by atoms with E-state index in [9.17, 15) is 18.8 Å². The first-order valence-corrected chi connectivity index (χ1v) is 10.2. The molecule has 0 aliphatic heterocycles. The molecule has 2 aromatic carbocycles. The third-order valence-corrected chi connectivity index (χ3v) is 5.72. The van der Waals surface area contributed by atoms with Gasteiger partial charge in [0.05, 0.1) is 11.2 Å². The summed E-state index contributed by atoms with van der Waals surface area (Å²) in [6.07, 6.45) is 0. The van der Waals surface area contributed by atoms with Crippen LogP contribution in [0.15, 0.2) is 75.6 Å². The van der Waals surface area contributed by atoms with Crippen LogP contribution in [0.1, 0.15) is 6.92 Å². The van der Waals surface area contributed by atoms with Crippen LogP contribution in [0.5, 0.6) is 0 Å². The summed E-state index contributed by atoms with van der Waals surface area (Å²) in [4.78, 5) is 40.8. The van der Waals surface area contributed by atoms with E-state index in [-0.39, 0.29) is 22.8 Å². The molecule has 2 heterocycles. The second kappa shape index (κ2) is 8.08. The van der Waals surface area contributed by atoms with Crippen molar-refractivity contribution in [3.05, 3.63) is 92.7 Å². The quantitative estimate of drug-likeness (QED) is 0.494. The molecule has 0 aliphatic rings. The summed E-state index contributed by atoms with van der Waals surface area (Å²) in [7, 11) is 0. The first-order valence-electron chi connectivity index (χ1n) is 9.36. The van der Waals surface area contributed by atoms with E-state index in [1.54, 1.807) is 22.4 Å². The van der Waals surface area contributed by atoms with E-state index in [4.69, 9.17) is 0 Å². The van der Waals surface area contributed by atoms with E-state index in [0.29, 0.717) is 17.7 Å². The van der Waals surface area contributed by atoms with E-state index < -0.39 is 17.1 Å². The number of anilines is 1. The van der Waals surface area contributed by atoms with Crippen LogP contribution in [0, 0.1) is 5.82 Å². The molecule has 0 bridgehead atoms. The van der Waals surface area contributed by atoms with Gasteiger partial charge in [0.2, 0.25) is 5.91 Å². The van der Waals surface area contributed by atoms with E-state index >= 15 is 0 Å². The van der Waals surface area contributed by atoms with E-state index in [2.05, 4.69) is 0 Å². The van der Waals surface area contributed by atoms with Crippen LogP contribution in [0.25, 0.3) is 15.9 Å². The fourth-order valence-electron chi connectivity index (χ4n) is 3.42. The number of fused-ring (bicyclic) bond motifs is 1. The standard InChI is InChI=1S/C22H18FN3O3S/c1-2-24(15-8-4-3-5-9-15)19(27)14-25-18-12-13-30-20(18)21(28)26(22(25)29)17-11-7-6-10-16(17)23/h3-13H,2,14H2,1H3. The Morgan fingerprint density at radius 3 is 2.43 bits per heavy atom. The molecule has 0 atom stereocenters. The van der Waals surface area contributed by atoms with Crippen molar-refractivity contribution in [3.8, 4) is 5.69 Å². The van der Waals surface area contributed by atoms with Crippen molar-refractivity contribution in [2.75, 3.05) is 11.4 Å². The number of likely N-dealkylation sites (N-methyl/N-ethyl adjacent to an activating group) is 1. The average Bonchev–Trinajstić information content (AvgIpc) is 3.24. The molecular formula is C22H18FN3O3S. The largest absolute Gasteiger partial charge is 0.336 e. The maximum absolute atomic E-state index is 14.4. The van der Waals surface area contributed by atoms with Gasteiger partial charge in [-0.3, -0.25) is 14.2 Å². The number of halogens is 1. The summed E-state index contributed by atoms with van der Waals surface area (Å²) in [5.41, 5.74) is -0.427. The lowest BCUT2D eigenvalue weighted by atomic mass is 10.2. The smallest absolute Gasteiger partial charge is 0.311 e. The Morgan fingerprint density at radius 1 is 1.03 bits per heavy atom. The van der Waals surface area contributed by atoms with Crippen LogP contribution in [-0.4, -0.2) is 21.6 Å². The normalized spacial score (nSPS) is 11.0. The zero-order valence-corrected chi connectivity index (χ0v) is 16.9. The summed E-state index contributed by atoms with van der Waals surface area (Å²) in [6.45, 7) is 1.98. The molecule has 0 aliphatic carbocycles. The number of aromatic nitrogens is 2. The summed E-state index contributed by atoms with van der Waals surface area (Å²) in [5.74, 6) is -0.998. The summed E-state index contributed by atoms with van der Waals surface area (Å²) in [5, 5.41) is 1.67. The number of thiophene rings is 1. The van der Waals surface area contributed by atoms with Crippen molar-refractivity contribution >= 4 is 33.1 Å². The predicted molar refractivity (Wildman–Crippen MR) is 116 cm³/mol. The Balaban J connectivity index is 1.87. The highest BCUT2D eigenvalue weighted by Crippen LogP contribution is 2.19. The van der Waals surface area contributed by atoms with Gasteiger partial charge in [-0.15, -0.1) is 11.3 Å². The molecule has 0 saturated carbocycles. The van der Waals surface area contributed by atoms with Gasteiger partial charge in [0.1, 0.15) is 17.1 Å². The number of hydrogen-bond acceptors (Lipinski definition) is 4. The number of hydrogen-bond donors (Lipinski definition) is 0. The van der Waals surface area contributed by atoms with Gasteiger partial charge in [-0.1, -0.05) is 30.3 Å². The number of carbonyl (C=O) groups excluding carboxylic acids is 1. The molecule has 0 radical (unpaired) electrons. The van der Waals surface area contributed by atoms with Gasteiger partial charge < -0.3 is 4.90 Å². The number of carbonyl (C=O) groups is 1. The fraction of sp³-hybridized carbons (Fsp3) is 0.136. The van der Waals surface area contributed by atoms with Gasteiger partial charge in [-0.25, -0.2) is 13.8 Å². The van der Waals surface area contributed by atoms with Crippen molar-refractivity contribution in [2.24, 2.45) is 0 Å². The SMILES string of the molecule is CCN(C(=O)Cn1c(=O)n(-c2ccccc2F)c(=O)c2sccc21)c1ccccc1. The second-order valence-electron chi connectivity index (χ2n) is 6.57. The maximum atomic E-state index is 14.4. The number of nitrogens with zero attached hydrogens (tertiary/aromatic N) is 3. The van der Waals surface area contributed by atoms with E-state index in [0.717, 1.165) is 15.9 Å². The zero-order chi connectivity index (χ0) is 21.3. The van der Waals surface area contributed by atoms with Gasteiger partial charge in [0.25, 0.3) is 5.56 Å². The average molecular weight is 423 g/mol. The number of benzene rings is 2. The van der Waals surface area contributed by atoms with Crippen LogP contribution in [-0.2, 0) is 11.3 Å². The predicted octanol–water partition coefficient (Wildman–Crippen LogP) is 3.41. The van der Waals surface area contributed by atoms with Crippen LogP contribution in [0.2, 0.25) is 0 Å². The molecule has 0 saturated heterocycles. The summed E-state index contributed by atoms with van der Waals surface area (Å²) < 4.78 is 16.7. The molecule has 0 spiro atoms. The monoisotopic (exact) mass is 423 g/mol. The second-order valence-corrected chi connectivity index (χ2v) is 7.49. The molecule has 0 N–H and O–H groups in total. The third-order valence-electron chi connectivity index (χ3n) is 4.83. The Kier molecular flexibility index (Phi) is 5.33. The lowest BCUT2D eigenvalue weighted by molar-refractivity contribution is -0.119. The van der Waals surface area contributed by atoms with Gasteiger partial charge >= 0.3 is 5.69 Å². The molecule has 30 heavy (non-hydrogen) atoms. The molecule has 6 nitrogen and oxygen atoms in total. The molecule has 0 unspecified atom stereocenters. The van der Waals surface area contributed by atoms with Crippen molar-refractivity contribution in [1.29, 1.82) is 0 Å². The minimum Gasteiger partial charge on any atom is -0.311 e. The third kappa shape index (κ3) is 3.35. The van der Waals surface area contributed by atoms with Crippen LogP contribution in [0.3, 0.4) is 0 Å². The molecule has 0 fully saturated rings. The Bertz CT molecular complexity index is 1340. The zero-order valence-electron chi connectivity index (χ0n) is 16.1. The Hall–Kier alpha value is -3.52. The van der Waals surface area contributed by atoms with Crippen molar-refractivity contribution < 1.29 is 9.18 Å². The Labute approximate surface area is 175 Å². The fourth-order valence-corrected chi connectivity index (χ4v) is 4.24. The van der Waals surface area contributed by atoms with Crippen LogP contribution >= 0.6 is 11.3 Å². The lowest BCUT2D eigenvalue weighted by Crippen LogP contribution is -2.42. The minimum atomic E-state index is -0.756. The molecule has 2 aromatic heterocycles. The number of rotatable bonds is 5. The first kappa shape index (κ1) is 19.8. The Morgan fingerprint density at radius 2 is 1.73 bits per heavy atom. The van der Waals surface area contributed by atoms with Crippen molar-refractivity contribution in [1.82, 2.24) is 9.13 Å². The summed E-state index contributed by atoms with van der Waals surface area (Å²) in [6, 6.07) is 16.3. The molecule has 1 amide bonds. The number of para-hydroxylation sites is 2. The molecule has 4 aromatic rings. The molecule has 4 rings (SSSR count). The topological polar surface area (TPSA) is 64.3 Å². The molecular weight excluding hydrogens is 405 g/mol. The van der Waals surface area contributed by atoms with Gasteiger partial charge in [-0.2, -0.15) is 0 Å². The number of amides is 1. The molecule has 8 heteroatoms. The highest BCUT2D eigenvalue weighted by atomic mass is 32.1. The van der Waals surface area contributed by atoms with Crippen LogP contribution in [0.4, 0.5) is 10.1 Å². The van der Waals surface area contributed by atoms with Crippen molar-refractivity contribution in [3.63, 3.8) is 0 Å². The molecule has 152 valence electrons. The highest BCUT2D eigenvalue weighted by molar-refractivity contribution is 7.17. The van der Waals surface area contributed by atoms with Gasteiger partial charge in [0, 0.05) is 12.2 Å².